The van der Waals surface area contributed by atoms with E-state index in [2.05, 4.69) is 5.32 Å². The van der Waals surface area contributed by atoms with Crippen LogP contribution in [0.4, 0.5) is 5.69 Å². The van der Waals surface area contributed by atoms with Gasteiger partial charge in [0.1, 0.15) is 12.3 Å². The molecule has 0 bridgehead atoms. The molecular formula is C26H30N2O8S. The van der Waals surface area contributed by atoms with Crippen LogP contribution in [0.5, 0.6) is 28.7 Å². The van der Waals surface area contributed by atoms with Crippen molar-refractivity contribution in [2.24, 2.45) is 0 Å². The normalized spacial score (nSPS) is 10.8. The fourth-order valence-electron chi connectivity index (χ4n) is 3.55. The lowest BCUT2D eigenvalue weighted by molar-refractivity contribution is -0.119. The first kappa shape index (κ1) is 27.5. The van der Waals surface area contributed by atoms with Crippen LogP contribution < -0.4 is 33.3 Å². The summed E-state index contributed by atoms with van der Waals surface area (Å²) in [5.74, 6) is 1.75. The van der Waals surface area contributed by atoms with Gasteiger partial charge in [0.05, 0.1) is 46.1 Å². The van der Waals surface area contributed by atoms with E-state index in [1.807, 2.05) is 0 Å². The third-order valence-corrected chi connectivity index (χ3v) is 7.30. The number of nitrogens with zero attached hydrogens (tertiary/aromatic N) is 1. The quantitative estimate of drug-likeness (QED) is 0.380. The summed E-state index contributed by atoms with van der Waals surface area (Å²) in [5, 5.41) is 2.76. The zero-order chi connectivity index (χ0) is 27.0. The summed E-state index contributed by atoms with van der Waals surface area (Å²) in [6.45, 7) is -0.303. The standard InChI is InChI=1S/C26H30N2O8S/c1-32-20-9-7-19(8-10-20)28(37(30,31)21-11-13-23(34-3)25(15-21)36-5)17-26(29)27-16-18-6-12-22(33-2)24(14-18)35-4/h6-15H,16-17H2,1-5H3,(H,27,29). The van der Waals surface area contributed by atoms with Gasteiger partial charge < -0.3 is 29.0 Å². The molecule has 3 rings (SSSR count). The number of rotatable bonds is 12. The fraction of sp³-hybridized carbons (Fsp3) is 0.269. The zero-order valence-corrected chi connectivity index (χ0v) is 22.1. The second kappa shape index (κ2) is 12.2. The first-order chi connectivity index (χ1) is 17.8. The highest BCUT2D eigenvalue weighted by Crippen LogP contribution is 2.33. The Hall–Kier alpha value is -4.12. The molecule has 0 fully saturated rings. The third-order valence-electron chi connectivity index (χ3n) is 5.53. The molecule has 0 radical (unpaired) electrons. The fourth-order valence-corrected chi connectivity index (χ4v) is 4.98. The highest BCUT2D eigenvalue weighted by Gasteiger charge is 2.28. The molecule has 1 amide bonds. The van der Waals surface area contributed by atoms with Crippen molar-refractivity contribution in [2.75, 3.05) is 46.4 Å². The van der Waals surface area contributed by atoms with Gasteiger partial charge in [-0.15, -0.1) is 0 Å². The van der Waals surface area contributed by atoms with Crippen molar-refractivity contribution in [3.05, 3.63) is 66.2 Å². The largest absolute Gasteiger partial charge is 0.497 e. The van der Waals surface area contributed by atoms with Gasteiger partial charge in [-0.3, -0.25) is 9.10 Å². The molecule has 3 aromatic carbocycles. The number of amides is 1. The van der Waals surface area contributed by atoms with Crippen molar-refractivity contribution in [3.8, 4) is 28.7 Å². The van der Waals surface area contributed by atoms with E-state index < -0.39 is 22.5 Å². The van der Waals surface area contributed by atoms with E-state index in [1.165, 1.54) is 53.7 Å². The highest BCUT2D eigenvalue weighted by atomic mass is 32.2. The van der Waals surface area contributed by atoms with Gasteiger partial charge in [0.2, 0.25) is 5.91 Å². The molecule has 1 N–H and O–H groups in total. The molecule has 0 saturated carbocycles. The van der Waals surface area contributed by atoms with E-state index >= 15 is 0 Å². The number of hydrogen-bond acceptors (Lipinski definition) is 8. The van der Waals surface area contributed by atoms with Crippen LogP contribution in [0.2, 0.25) is 0 Å². The SMILES string of the molecule is COc1ccc(N(CC(=O)NCc2ccc(OC)c(OC)c2)S(=O)(=O)c2ccc(OC)c(OC)c2)cc1. The summed E-state index contributed by atoms with van der Waals surface area (Å²) in [5.41, 5.74) is 1.04. The third kappa shape index (κ3) is 6.36. The van der Waals surface area contributed by atoms with Gasteiger partial charge in [-0.05, 0) is 54.1 Å². The minimum Gasteiger partial charge on any atom is -0.497 e. The minimum absolute atomic E-state index is 0.0614. The Balaban J connectivity index is 1.89. The van der Waals surface area contributed by atoms with Crippen LogP contribution in [0.25, 0.3) is 0 Å². The molecule has 0 saturated heterocycles. The number of nitrogens with one attached hydrogen (secondary N) is 1. The van der Waals surface area contributed by atoms with Crippen LogP contribution in [0.15, 0.2) is 65.6 Å². The maximum absolute atomic E-state index is 13.7. The maximum atomic E-state index is 13.7. The number of ether oxygens (including phenoxy) is 5. The molecule has 0 aromatic heterocycles. The molecule has 37 heavy (non-hydrogen) atoms. The maximum Gasteiger partial charge on any atom is 0.264 e. The second-order valence-electron chi connectivity index (χ2n) is 7.69. The van der Waals surface area contributed by atoms with Gasteiger partial charge in [0.15, 0.2) is 23.0 Å². The zero-order valence-electron chi connectivity index (χ0n) is 21.3. The minimum atomic E-state index is -4.17. The number of benzene rings is 3. The number of methoxy groups -OCH3 is 5. The summed E-state index contributed by atoms with van der Waals surface area (Å²) >= 11 is 0. The summed E-state index contributed by atoms with van der Waals surface area (Å²) in [6.07, 6.45) is 0. The van der Waals surface area contributed by atoms with Crippen molar-refractivity contribution in [1.82, 2.24) is 5.32 Å². The van der Waals surface area contributed by atoms with E-state index in [4.69, 9.17) is 23.7 Å². The monoisotopic (exact) mass is 530 g/mol. The predicted molar refractivity (Wildman–Crippen MR) is 138 cm³/mol. The Labute approximate surface area is 216 Å². The van der Waals surface area contributed by atoms with Gasteiger partial charge in [-0.1, -0.05) is 6.07 Å². The molecule has 11 heteroatoms. The molecule has 3 aromatic rings. The molecule has 10 nitrogen and oxygen atoms in total. The molecule has 198 valence electrons. The van der Waals surface area contributed by atoms with Crippen molar-refractivity contribution < 1.29 is 36.9 Å². The van der Waals surface area contributed by atoms with Crippen LogP contribution in [-0.4, -0.2) is 56.4 Å². The Morgan fingerprint density at radius 2 is 1.30 bits per heavy atom. The summed E-state index contributed by atoms with van der Waals surface area (Å²) in [4.78, 5) is 12.9. The number of carbonyl (C=O) groups excluding carboxylic acids is 1. The Kier molecular flexibility index (Phi) is 9.07. The number of carbonyl (C=O) groups is 1. The molecule has 0 spiro atoms. The smallest absolute Gasteiger partial charge is 0.264 e. The Morgan fingerprint density at radius 1 is 0.730 bits per heavy atom. The van der Waals surface area contributed by atoms with Crippen molar-refractivity contribution in [1.29, 1.82) is 0 Å². The van der Waals surface area contributed by atoms with Crippen LogP contribution in [0.1, 0.15) is 5.56 Å². The lowest BCUT2D eigenvalue weighted by atomic mass is 10.2. The van der Waals surface area contributed by atoms with Crippen LogP contribution in [0, 0.1) is 0 Å². The van der Waals surface area contributed by atoms with Gasteiger partial charge >= 0.3 is 0 Å². The van der Waals surface area contributed by atoms with E-state index in [1.54, 1.807) is 42.5 Å². The van der Waals surface area contributed by atoms with E-state index in [0.717, 1.165) is 9.87 Å². The van der Waals surface area contributed by atoms with E-state index in [9.17, 15) is 13.2 Å². The van der Waals surface area contributed by atoms with Gasteiger partial charge in [0, 0.05) is 12.6 Å². The molecule has 0 aliphatic rings. The van der Waals surface area contributed by atoms with Gasteiger partial charge in [-0.25, -0.2) is 8.42 Å². The number of anilines is 1. The topological polar surface area (TPSA) is 113 Å². The summed E-state index contributed by atoms with van der Waals surface area (Å²) < 4.78 is 54.6. The van der Waals surface area contributed by atoms with Crippen LogP contribution in [0.3, 0.4) is 0 Å². The summed E-state index contributed by atoms with van der Waals surface area (Å²) in [6, 6.07) is 15.9. The lowest BCUT2D eigenvalue weighted by Crippen LogP contribution is -2.40. The Morgan fingerprint density at radius 3 is 1.86 bits per heavy atom. The highest BCUT2D eigenvalue weighted by molar-refractivity contribution is 7.92. The first-order valence-electron chi connectivity index (χ1n) is 11.1. The van der Waals surface area contributed by atoms with Crippen LogP contribution >= 0.6 is 0 Å². The van der Waals surface area contributed by atoms with Gasteiger partial charge in [0.25, 0.3) is 10.0 Å². The molecule has 0 aliphatic heterocycles. The average Bonchev–Trinajstić information content (AvgIpc) is 2.94. The van der Waals surface area contributed by atoms with Crippen molar-refractivity contribution in [3.63, 3.8) is 0 Å². The van der Waals surface area contributed by atoms with Crippen molar-refractivity contribution in [2.45, 2.75) is 11.4 Å². The van der Waals surface area contributed by atoms with Crippen LogP contribution in [-0.2, 0) is 21.4 Å². The molecular weight excluding hydrogens is 500 g/mol. The first-order valence-corrected chi connectivity index (χ1v) is 12.6. The molecule has 0 atom stereocenters. The predicted octanol–water partition coefficient (Wildman–Crippen LogP) is 3.24. The Bertz CT molecular complexity index is 1330. The van der Waals surface area contributed by atoms with E-state index in [-0.39, 0.29) is 22.9 Å². The number of sulfonamides is 1. The number of hydrogen-bond donors (Lipinski definition) is 1. The van der Waals surface area contributed by atoms with Gasteiger partial charge in [-0.2, -0.15) is 0 Å². The summed E-state index contributed by atoms with van der Waals surface area (Å²) in [7, 11) is 3.26. The lowest BCUT2D eigenvalue weighted by Gasteiger charge is -2.24. The molecule has 0 unspecified atom stereocenters. The second-order valence-corrected chi connectivity index (χ2v) is 9.55. The average molecular weight is 531 g/mol. The van der Waals surface area contributed by atoms with Crippen molar-refractivity contribution >= 4 is 21.6 Å². The van der Waals surface area contributed by atoms with E-state index in [0.29, 0.717) is 23.0 Å². The molecule has 0 heterocycles. The molecule has 0 aliphatic carbocycles.